The fourth-order valence-corrected chi connectivity index (χ4v) is 2.71. The smallest absolute Gasteiger partial charge is 0.306 e. The average molecular weight is 323 g/mol. The highest BCUT2D eigenvalue weighted by Gasteiger charge is 2.17. The van der Waals surface area contributed by atoms with Gasteiger partial charge in [-0.25, -0.2) is 4.79 Å². The van der Waals surface area contributed by atoms with Gasteiger partial charge in [0.25, 0.3) is 0 Å². The summed E-state index contributed by atoms with van der Waals surface area (Å²) in [6.07, 6.45) is 4.66. The van der Waals surface area contributed by atoms with Gasteiger partial charge in [0.1, 0.15) is 0 Å². The summed E-state index contributed by atoms with van der Waals surface area (Å²) in [7, 11) is 0. The Bertz CT molecular complexity index is 705. The second-order valence-electron chi connectivity index (χ2n) is 5.87. The Hall–Kier alpha value is -2.69. The Morgan fingerprint density at radius 3 is 2.50 bits per heavy atom. The molecule has 0 unspecified atom stereocenters. The molecule has 0 radical (unpaired) electrons. The third-order valence-electron chi connectivity index (χ3n) is 4.14. The van der Waals surface area contributed by atoms with Crippen LogP contribution in [0.5, 0.6) is 0 Å². The highest BCUT2D eigenvalue weighted by atomic mass is 16.7. The van der Waals surface area contributed by atoms with Crippen LogP contribution in [0, 0.1) is 0 Å². The lowest BCUT2D eigenvalue weighted by Crippen LogP contribution is -2.35. The van der Waals surface area contributed by atoms with E-state index in [1.807, 2.05) is 49.4 Å². The molecule has 1 aliphatic heterocycles. The van der Waals surface area contributed by atoms with Gasteiger partial charge in [0.15, 0.2) is 0 Å². The Morgan fingerprint density at radius 1 is 1.08 bits per heavy atom. The van der Waals surface area contributed by atoms with Gasteiger partial charge < -0.3 is 4.90 Å². The summed E-state index contributed by atoms with van der Waals surface area (Å²) in [6, 6.07) is 13.7. The largest absolute Gasteiger partial charge is 0.435 e. The number of oxime groups is 1. The van der Waals surface area contributed by atoms with Crippen LogP contribution in [0.1, 0.15) is 31.7 Å². The number of carbonyl (C=O) groups excluding carboxylic acids is 1. The first-order valence-corrected chi connectivity index (χ1v) is 8.26. The first kappa shape index (κ1) is 16.2. The van der Waals surface area contributed by atoms with Crippen LogP contribution < -0.4 is 0 Å². The van der Waals surface area contributed by atoms with Crippen molar-refractivity contribution in [1.82, 2.24) is 9.88 Å². The first-order chi connectivity index (χ1) is 11.7. The monoisotopic (exact) mass is 323 g/mol. The molecule has 124 valence electrons. The molecule has 1 saturated heterocycles. The van der Waals surface area contributed by atoms with E-state index in [0.29, 0.717) is 5.71 Å². The van der Waals surface area contributed by atoms with E-state index in [-0.39, 0.29) is 6.09 Å². The molecule has 0 spiro atoms. The number of carbonyl (C=O) groups is 1. The molecule has 2 heterocycles. The molecule has 1 aliphatic rings. The van der Waals surface area contributed by atoms with Crippen molar-refractivity contribution in [3.63, 3.8) is 0 Å². The predicted molar refractivity (Wildman–Crippen MR) is 93.8 cm³/mol. The molecule has 2 aromatic rings. The normalized spacial score (nSPS) is 15.2. The first-order valence-electron chi connectivity index (χ1n) is 8.26. The van der Waals surface area contributed by atoms with Crippen LogP contribution in [0.3, 0.4) is 0 Å². The van der Waals surface area contributed by atoms with Crippen molar-refractivity contribution in [3.8, 4) is 11.3 Å². The van der Waals surface area contributed by atoms with Crippen molar-refractivity contribution in [2.24, 2.45) is 5.16 Å². The number of aromatic nitrogens is 1. The van der Waals surface area contributed by atoms with E-state index in [2.05, 4.69) is 10.1 Å². The number of benzene rings is 1. The van der Waals surface area contributed by atoms with Crippen molar-refractivity contribution < 1.29 is 9.63 Å². The third kappa shape index (κ3) is 3.98. The topological polar surface area (TPSA) is 54.8 Å². The molecule has 0 bridgehead atoms. The van der Waals surface area contributed by atoms with E-state index in [1.165, 1.54) is 6.42 Å². The summed E-state index contributed by atoms with van der Waals surface area (Å²) >= 11 is 0. The predicted octanol–water partition coefficient (Wildman–Crippen LogP) is 4.10. The Balaban J connectivity index is 1.64. The fourth-order valence-electron chi connectivity index (χ4n) is 2.71. The number of hydrogen-bond acceptors (Lipinski definition) is 4. The zero-order valence-corrected chi connectivity index (χ0v) is 13.8. The Morgan fingerprint density at radius 2 is 1.83 bits per heavy atom. The van der Waals surface area contributed by atoms with Gasteiger partial charge in [-0.3, -0.25) is 9.82 Å². The van der Waals surface area contributed by atoms with E-state index in [4.69, 9.17) is 4.84 Å². The summed E-state index contributed by atoms with van der Waals surface area (Å²) in [5, 5.41) is 3.98. The van der Waals surface area contributed by atoms with Gasteiger partial charge in [0.2, 0.25) is 0 Å². The Labute approximate surface area is 142 Å². The van der Waals surface area contributed by atoms with E-state index in [9.17, 15) is 4.79 Å². The quantitative estimate of drug-likeness (QED) is 0.485. The number of pyridine rings is 1. The standard InChI is InChI=1S/C19H21N3O2/c1-15(21-24-19(23)22-13-5-2-6-14-22)16-8-10-17(11-9-16)18-7-3-4-12-20-18/h3-4,7-12H,2,5-6,13-14H2,1H3. The van der Waals surface area contributed by atoms with Crippen LogP contribution in [0.4, 0.5) is 4.79 Å². The van der Waals surface area contributed by atoms with Crippen LogP contribution in [0.2, 0.25) is 0 Å². The van der Waals surface area contributed by atoms with E-state index in [1.54, 1.807) is 11.1 Å². The maximum Gasteiger partial charge on any atom is 0.435 e. The minimum absolute atomic E-state index is 0.362. The molecule has 24 heavy (non-hydrogen) atoms. The van der Waals surface area contributed by atoms with Crippen LogP contribution in [0.25, 0.3) is 11.3 Å². The van der Waals surface area contributed by atoms with Crippen molar-refractivity contribution in [3.05, 3.63) is 54.2 Å². The van der Waals surface area contributed by atoms with Gasteiger partial charge in [0.05, 0.1) is 11.4 Å². The maximum absolute atomic E-state index is 12.0. The lowest BCUT2D eigenvalue weighted by Gasteiger charge is -2.24. The molecular weight excluding hydrogens is 302 g/mol. The molecule has 0 saturated carbocycles. The molecule has 0 aliphatic carbocycles. The van der Waals surface area contributed by atoms with Gasteiger partial charge >= 0.3 is 6.09 Å². The van der Waals surface area contributed by atoms with Crippen molar-refractivity contribution in [1.29, 1.82) is 0 Å². The summed E-state index contributed by atoms with van der Waals surface area (Å²) in [6.45, 7) is 3.34. The Kier molecular flexibility index (Phi) is 5.21. The van der Waals surface area contributed by atoms with Crippen LogP contribution in [-0.2, 0) is 4.84 Å². The minimum Gasteiger partial charge on any atom is -0.306 e. The van der Waals surface area contributed by atoms with Crippen molar-refractivity contribution in [2.75, 3.05) is 13.1 Å². The number of likely N-dealkylation sites (tertiary alicyclic amines) is 1. The van der Waals surface area contributed by atoms with Crippen LogP contribution >= 0.6 is 0 Å². The highest BCUT2D eigenvalue weighted by molar-refractivity contribution is 5.98. The molecule has 0 N–H and O–H groups in total. The van der Waals surface area contributed by atoms with Gasteiger partial charge in [-0.1, -0.05) is 35.5 Å². The fraction of sp³-hybridized carbons (Fsp3) is 0.316. The average Bonchev–Trinajstić information content (AvgIpc) is 2.67. The van der Waals surface area contributed by atoms with Crippen molar-refractivity contribution >= 4 is 11.8 Å². The maximum atomic E-state index is 12.0. The minimum atomic E-state index is -0.362. The second-order valence-corrected chi connectivity index (χ2v) is 5.87. The zero-order chi connectivity index (χ0) is 16.8. The highest BCUT2D eigenvalue weighted by Crippen LogP contribution is 2.17. The molecule has 1 aromatic heterocycles. The summed E-state index contributed by atoms with van der Waals surface area (Å²) in [5.41, 5.74) is 3.56. The van der Waals surface area contributed by atoms with Gasteiger partial charge in [-0.05, 0) is 43.9 Å². The lowest BCUT2D eigenvalue weighted by atomic mass is 10.1. The summed E-state index contributed by atoms with van der Waals surface area (Å²) < 4.78 is 0. The zero-order valence-electron chi connectivity index (χ0n) is 13.8. The van der Waals surface area contributed by atoms with E-state index in [0.717, 1.165) is 42.8 Å². The number of hydrogen-bond donors (Lipinski definition) is 0. The summed E-state index contributed by atoms with van der Waals surface area (Å²) in [5.74, 6) is 0. The van der Waals surface area contributed by atoms with Gasteiger partial charge in [-0.15, -0.1) is 0 Å². The molecule has 1 aromatic carbocycles. The van der Waals surface area contributed by atoms with E-state index >= 15 is 0 Å². The van der Waals surface area contributed by atoms with Gasteiger partial charge in [0, 0.05) is 24.8 Å². The number of piperidine rings is 1. The molecule has 1 fully saturated rings. The number of rotatable bonds is 3. The van der Waals surface area contributed by atoms with Crippen LogP contribution in [0.15, 0.2) is 53.8 Å². The molecule has 5 heteroatoms. The lowest BCUT2D eigenvalue weighted by molar-refractivity contribution is 0.0982. The number of amides is 1. The second kappa shape index (κ2) is 7.73. The number of nitrogens with zero attached hydrogens (tertiary/aromatic N) is 3. The SMILES string of the molecule is CC(=NOC(=O)N1CCCCC1)c1ccc(-c2ccccn2)cc1. The molecule has 3 rings (SSSR count). The molecular formula is C19H21N3O2. The van der Waals surface area contributed by atoms with E-state index < -0.39 is 0 Å². The molecule has 1 amide bonds. The van der Waals surface area contributed by atoms with Crippen molar-refractivity contribution in [2.45, 2.75) is 26.2 Å². The van der Waals surface area contributed by atoms with Crippen LogP contribution in [-0.4, -0.2) is 34.8 Å². The summed E-state index contributed by atoms with van der Waals surface area (Å²) in [4.78, 5) is 23.1. The van der Waals surface area contributed by atoms with Gasteiger partial charge in [-0.2, -0.15) is 0 Å². The third-order valence-corrected chi connectivity index (χ3v) is 4.14. The molecule has 5 nitrogen and oxygen atoms in total. The molecule has 0 atom stereocenters.